The molecular weight excluding hydrogens is 474 g/mol. The summed E-state index contributed by atoms with van der Waals surface area (Å²) in [4.78, 5) is 15.6. The van der Waals surface area contributed by atoms with Crippen LogP contribution in [-0.4, -0.2) is 30.2 Å². The molecule has 7 heteroatoms. The van der Waals surface area contributed by atoms with Crippen LogP contribution in [0.3, 0.4) is 0 Å². The van der Waals surface area contributed by atoms with E-state index in [4.69, 9.17) is 18.9 Å². The van der Waals surface area contributed by atoms with Gasteiger partial charge in [-0.05, 0) is 43.2 Å². The lowest BCUT2D eigenvalue weighted by molar-refractivity contribution is -0.0165. The van der Waals surface area contributed by atoms with E-state index in [0.717, 1.165) is 39.2 Å². The number of carbonyl (C=O) groups is 1. The van der Waals surface area contributed by atoms with Gasteiger partial charge in [-0.25, -0.2) is 0 Å². The molecule has 1 saturated carbocycles. The molecule has 0 atom stereocenters. The van der Waals surface area contributed by atoms with E-state index in [1.807, 2.05) is 24.3 Å². The van der Waals surface area contributed by atoms with Gasteiger partial charge in [0.2, 0.25) is 5.78 Å². The maximum atomic E-state index is 13.2. The summed E-state index contributed by atoms with van der Waals surface area (Å²) >= 11 is 3.54. The number of ether oxygens (including phenoxy) is 4. The highest BCUT2D eigenvalue weighted by Crippen LogP contribution is 2.43. The van der Waals surface area contributed by atoms with Gasteiger partial charge in [0, 0.05) is 28.2 Å². The van der Waals surface area contributed by atoms with Crippen molar-refractivity contribution in [1.29, 1.82) is 0 Å². The molecule has 32 heavy (non-hydrogen) atoms. The van der Waals surface area contributed by atoms with Crippen LogP contribution in [0.4, 0.5) is 0 Å². The summed E-state index contributed by atoms with van der Waals surface area (Å²) < 4.78 is 24.3. The van der Waals surface area contributed by atoms with Crippen molar-refractivity contribution in [2.75, 3.05) is 13.5 Å². The summed E-state index contributed by atoms with van der Waals surface area (Å²) in [5, 5.41) is 0. The van der Waals surface area contributed by atoms with Crippen LogP contribution in [0.1, 0.15) is 59.2 Å². The van der Waals surface area contributed by atoms with Crippen LogP contribution in [0.5, 0.6) is 17.2 Å². The standard InChI is InChI=1S/C25H24BrNO5/c26-17-8-15(24-16(9-17)12-29-14-31-24)10-22-23(28)19-6-7-21-20(25(19)32-22)11-27(13-30-21)18-4-2-1-3-5-18/h6-10,18H,1-5,11-14H2/b22-10+. The highest BCUT2D eigenvalue weighted by atomic mass is 79.9. The monoisotopic (exact) mass is 497 g/mol. The molecule has 0 spiro atoms. The van der Waals surface area contributed by atoms with Crippen LogP contribution >= 0.6 is 15.9 Å². The number of Topliss-reactive ketones (excluding diaryl/α,β-unsaturated/α-hetero) is 1. The lowest BCUT2D eigenvalue weighted by atomic mass is 9.93. The van der Waals surface area contributed by atoms with Crippen molar-refractivity contribution in [3.63, 3.8) is 0 Å². The van der Waals surface area contributed by atoms with Crippen molar-refractivity contribution in [2.24, 2.45) is 0 Å². The molecule has 0 unspecified atom stereocenters. The van der Waals surface area contributed by atoms with E-state index in [1.165, 1.54) is 32.1 Å². The lowest BCUT2D eigenvalue weighted by Gasteiger charge is -2.37. The van der Waals surface area contributed by atoms with Crippen molar-refractivity contribution in [2.45, 2.75) is 51.3 Å². The van der Waals surface area contributed by atoms with Gasteiger partial charge in [0.25, 0.3) is 0 Å². The van der Waals surface area contributed by atoms with E-state index in [-0.39, 0.29) is 12.6 Å². The van der Waals surface area contributed by atoms with Gasteiger partial charge in [-0.3, -0.25) is 9.69 Å². The van der Waals surface area contributed by atoms with Crippen molar-refractivity contribution < 1.29 is 23.7 Å². The average molecular weight is 498 g/mol. The summed E-state index contributed by atoms with van der Waals surface area (Å²) in [7, 11) is 0. The van der Waals surface area contributed by atoms with Crippen molar-refractivity contribution in [1.82, 2.24) is 4.90 Å². The maximum absolute atomic E-state index is 13.2. The molecule has 0 amide bonds. The average Bonchev–Trinajstić information content (AvgIpc) is 3.15. The molecule has 1 fully saturated rings. The number of allylic oxidation sites excluding steroid dienone is 1. The molecule has 0 radical (unpaired) electrons. The van der Waals surface area contributed by atoms with Crippen molar-refractivity contribution in [3.05, 3.63) is 56.8 Å². The molecule has 4 aliphatic rings. The Morgan fingerprint density at radius 3 is 2.81 bits per heavy atom. The Labute approximate surface area is 195 Å². The molecule has 3 heterocycles. The first-order valence-corrected chi connectivity index (χ1v) is 12.0. The molecule has 6 rings (SSSR count). The predicted octanol–water partition coefficient (Wildman–Crippen LogP) is 5.42. The minimum Gasteiger partial charge on any atom is -0.478 e. The summed E-state index contributed by atoms with van der Waals surface area (Å²) in [6, 6.07) is 8.15. The zero-order valence-corrected chi connectivity index (χ0v) is 19.3. The molecule has 166 valence electrons. The Morgan fingerprint density at radius 2 is 1.94 bits per heavy atom. The van der Waals surface area contributed by atoms with Crippen LogP contribution in [0.15, 0.2) is 34.5 Å². The van der Waals surface area contributed by atoms with Gasteiger partial charge in [-0.1, -0.05) is 35.2 Å². The largest absolute Gasteiger partial charge is 0.478 e. The number of hydrogen-bond donors (Lipinski definition) is 0. The first kappa shape index (κ1) is 20.3. The summed E-state index contributed by atoms with van der Waals surface area (Å²) in [5.74, 6) is 2.36. The maximum Gasteiger partial charge on any atom is 0.231 e. The first-order chi connectivity index (χ1) is 15.7. The van der Waals surface area contributed by atoms with E-state index in [1.54, 1.807) is 6.08 Å². The van der Waals surface area contributed by atoms with E-state index < -0.39 is 0 Å². The zero-order chi connectivity index (χ0) is 21.7. The highest BCUT2D eigenvalue weighted by molar-refractivity contribution is 9.10. The van der Waals surface area contributed by atoms with Crippen LogP contribution in [-0.2, 0) is 17.9 Å². The quantitative estimate of drug-likeness (QED) is 0.516. The number of fused-ring (bicyclic) bond motifs is 4. The van der Waals surface area contributed by atoms with E-state index in [9.17, 15) is 4.79 Å². The fourth-order valence-corrected chi connectivity index (χ4v) is 5.64. The minimum atomic E-state index is -0.113. The molecule has 1 aliphatic carbocycles. The second-order valence-electron chi connectivity index (χ2n) is 8.76. The van der Waals surface area contributed by atoms with Crippen LogP contribution in [0.2, 0.25) is 0 Å². The van der Waals surface area contributed by atoms with Gasteiger partial charge in [-0.2, -0.15) is 0 Å². The van der Waals surface area contributed by atoms with Gasteiger partial charge in [0.1, 0.15) is 24.0 Å². The van der Waals surface area contributed by atoms with E-state index >= 15 is 0 Å². The van der Waals surface area contributed by atoms with Crippen molar-refractivity contribution >= 4 is 27.8 Å². The third-order valence-corrected chi connectivity index (χ3v) is 7.18. The first-order valence-electron chi connectivity index (χ1n) is 11.2. The summed E-state index contributed by atoms with van der Waals surface area (Å²) in [6.07, 6.45) is 8.04. The van der Waals surface area contributed by atoms with Crippen LogP contribution in [0.25, 0.3) is 6.08 Å². The Bertz CT molecular complexity index is 1120. The summed E-state index contributed by atoms with van der Waals surface area (Å²) in [6.45, 7) is 2.01. The highest BCUT2D eigenvalue weighted by Gasteiger charge is 2.35. The topological polar surface area (TPSA) is 57.2 Å². The molecule has 0 aromatic heterocycles. The Kier molecular flexibility index (Phi) is 5.20. The van der Waals surface area contributed by atoms with Crippen LogP contribution < -0.4 is 14.2 Å². The van der Waals surface area contributed by atoms with E-state index in [2.05, 4.69) is 20.8 Å². The molecule has 2 aromatic carbocycles. The lowest BCUT2D eigenvalue weighted by Crippen LogP contribution is -2.41. The fourth-order valence-electron chi connectivity index (χ4n) is 5.11. The van der Waals surface area contributed by atoms with Gasteiger partial charge in [-0.15, -0.1) is 0 Å². The Morgan fingerprint density at radius 1 is 1.06 bits per heavy atom. The second-order valence-corrected chi connectivity index (χ2v) is 9.68. The smallest absolute Gasteiger partial charge is 0.231 e. The molecule has 0 saturated heterocycles. The molecule has 2 aromatic rings. The Balaban J connectivity index is 1.33. The molecule has 6 nitrogen and oxygen atoms in total. The normalized spacial score (nSPS) is 21.9. The minimum absolute atomic E-state index is 0.113. The number of ketones is 1. The number of rotatable bonds is 2. The number of benzene rings is 2. The number of hydrogen-bond acceptors (Lipinski definition) is 6. The van der Waals surface area contributed by atoms with Gasteiger partial charge in [0.15, 0.2) is 12.6 Å². The van der Waals surface area contributed by atoms with E-state index in [0.29, 0.717) is 36.5 Å². The third-order valence-electron chi connectivity index (χ3n) is 6.73. The number of nitrogens with zero attached hydrogens (tertiary/aromatic N) is 1. The van der Waals surface area contributed by atoms with Gasteiger partial charge >= 0.3 is 0 Å². The van der Waals surface area contributed by atoms with Crippen molar-refractivity contribution in [3.8, 4) is 17.2 Å². The predicted molar refractivity (Wildman–Crippen MR) is 122 cm³/mol. The molecule has 3 aliphatic heterocycles. The molecule has 0 bridgehead atoms. The SMILES string of the molecule is O=C1/C(=C\c2cc(Br)cc3c2OCOC3)Oc2c1ccc1c2CN(C2CCCCC2)CO1. The zero-order valence-electron chi connectivity index (χ0n) is 17.7. The number of carbonyl (C=O) groups excluding carboxylic acids is 1. The molecule has 0 N–H and O–H groups in total. The fraction of sp³-hybridized carbons (Fsp3) is 0.400. The third kappa shape index (κ3) is 3.52. The van der Waals surface area contributed by atoms with Crippen LogP contribution in [0, 0.1) is 0 Å². The Hall–Kier alpha value is -2.35. The molecular formula is C25H24BrNO5. The van der Waals surface area contributed by atoms with Gasteiger partial charge < -0.3 is 18.9 Å². The summed E-state index contributed by atoms with van der Waals surface area (Å²) in [5.41, 5.74) is 3.30. The number of halogens is 1. The van der Waals surface area contributed by atoms with Gasteiger partial charge in [0.05, 0.1) is 17.7 Å². The second kappa shape index (κ2) is 8.21.